The van der Waals surface area contributed by atoms with E-state index in [2.05, 4.69) is 4.98 Å². The molecule has 2 rings (SSSR count). The van der Waals surface area contributed by atoms with Crippen molar-refractivity contribution in [2.24, 2.45) is 0 Å². The molecule has 1 aliphatic rings. The summed E-state index contributed by atoms with van der Waals surface area (Å²) in [6, 6.07) is 1.64. The van der Waals surface area contributed by atoms with Crippen molar-refractivity contribution in [3.8, 4) is 0 Å². The van der Waals surface area contributed by atoms with E-state index < -0.39 is 5.97 Å². The number of nitrogens with zero attached hydrogens (tertiary/aromatic N) is 2. The highest BCUT2D eigenvalue weighted by Gasteiger charge is 2.19. The maximum absolute atomic E-state index is 12.4. The van der Waals surface area contributed by atoms with E-state index in [1.165, 1.54) is 12.3 Å². The fourth-order valence-corrected chi connectivity index (χ4v) is 2.16. The molecule has 0 atom stereocenters. The van der Waals surface area contributed by atoms with Crippen LogP contribution in [0.15, 0.2) is 24.5 Å². The monoisotopic (exact) mass is 260 g/mol. The van der Waals surface area contributed by atoms with E-state index in [9.17, 15) is 9.59 Å². The fourth-order valence-electron chi connectivity index (χ4n) is 2.16. The van der Waals surface area contributed by atoms with E-state index >= 15 is 0 Å². The van der Waals surface area contributed by atoms with Crippen LogP contribution in [0.25, 0.3) is 6.08 Å². The predicted octanol–water partition coefficient (Wildman–Crippen LogP) is 1.81. The summed E-state index contributed by atoms with van der Waals surface area (Å²) in [5.74, 6) is -1.09. The second-order valence-corrected chi connectivity index (χ2v) is 4.49. The summed E-state index contributed by atoms with van der Waals surface area (Å²) in [5.41, 5.74) is 1.05. The summed E-state index contributed by atoms with van der Waals surface area (Å²) in [6.45, 7) is 1.53. The summed E-state index contributed by atoms with van der Waals surface area (Å²) >= 11 is 0. The Morgan fingerprint density at radius 2 is 2.00 bits per heavy atom. The lowest BCUT2D eigenvalue weighted by atomic mass is 10.1. The molecule has 5 nitrogen and oxygen atoms in total. The minimum absolute atomic E-state index is 0.0489. The van der Waals surface area contributed by atoms with E-state index in [-0.39, 0.29) is 5.91 Å². The molecule has 1 aromatic heterocycles. The van der Waals surface area contributed by atoms with Gasteiger partial charge in [-0.25, -0.2) is 4.79 Å². The lowest BCUT2D eigenvalue weighted by Gasteiger charge is -2.27. The Bertz CT molecular complexity index is 505. The number of aliphatic carboxylic acids is 1. The minimum Gasteiger partial charge on any atom is -0.478 e. The van der Waals surface area contributed by atoms with Gasteiger partial charge >= 0.3 is 5.97 Å². The molecule has 19 heavy (non-hydrogen) atoms. The molecule has 1 saturated heterocycles. The van der Waals surface area contributed by atoms with E-state index in [4.69, 9.17) is 5.11 Å². The highest BCUT2D eigenvalue weighted by Crippen LogP contribution is 2.16. The zero-order valence-corrected chi connectivity index (χ0v) is 10.6. The normalized spacial score (nSPS) is 15.7. The van der Waals surface area contributed by atoms with Crippen LogP contribution in [0.5, 0.6) is 0 Å². The minimum atomic E-state index is -1.04. The van der Waals surface area contributed by atoms with Gasteiger partial charge in [-0.3, -0.25) is 9.78 Å². The van der Waals surface area contributed by atoms with Gasteiger partial charge in [0.25, 0.3) is 5.91 Å². The second-order valence-electron chi connectivity index (χ2n) is 4.49. The topological polar surface area (TPSA) is 70.5 Å². The summed E-state index contributed by atoms with van der Waals surface area (Å²) in [6.07, 6.45) is 8.70. The summed E-state index contributed by atoms with van der Waals surface area (Å²) < 4.78 is 0. The molecule has 0 bridgehead atoms. The van der Waals surface area contributed by atoms with Crippen LogP contribution in [0.3, 0.4) is 0 Å². The summed E-state index contributed by atoms with van der Waals surface area (Å²) in [4.78, 5) is 28.7. The van der Waals surface area contributed by atoms with E-state index in [0.717, 1.165) is 38.4 Å². The first-order chi connectivity index (χ1) is 9.18. The number of piperidine rings is 1. The molecule has 1 aromatic rings. The smallest absolute Gasteiger partial charge is 0.328 e. The van der Waals surface area contributed by atoms with Gasteiger partial charge in [-0.05, 0) is 31.4 Å². The van der Waals surface area contributed by atoms with Crippen LogP contribution < -0.4 is 0 Å². The lowest BCUT2D eigenvalue weighted by molar-refractivity contribution is -0.131. The summed E-state index contributed by atoms with van der Waals surface area (Å²) in [5, 5.41) is 8.65. The van der Waals surface area contributed by atoms with Gasteiger partial charge < -0.3 is 10.0 Å². The first kappa shape index (κ1) is 13.3. The van der Waals surface area contributed by atoms with Crippen molar-refractivity contribution in [1.29, 1.82) is 0 Å². The molecule has 0 saturated carbocycles. The predicted molar refractivity (Wildman–Crippen MR) is 70.7 cm³/mol. The Hall–Kier alpha value is -2.17. The molecule has 0 radical (unpaired) electrons. The molecule has 100 valence electrons. The van der Waals surface area contributed by atoms with Gasteiger partial charge in [0.2, 0.25) is 0 Å². The third-order valence-corrected chi connectivity index (χ3v) is 3.13. The molecule has 0 aliphatic carbocycles. The van der Waals surface area contributed by atoms with Crippen molar-refractivity contribution in [2.45, 2.75) is 19.3 Å². The maximum Gasteiger partial charge on any atom is 0.328 e. The Morgan fingerprint density at radius 1 is 1.26 bits per heavy atom. The van der Waals surface area contributed by atoms with Gasteiger partial charge in [-0.2, -0.15) is 0 Å². The second kappa shape index (κ2) is 6.13. The molecule has 1 aliphatic heterocycles. The molecule has 1 fully saturated rings. The van der Waals surface area contributed by atoms with E-state index in [0.29, 0.717) is 11.1 Å². The average molecular weight is 260 g/mol. The Morgan fingerprint density at radius 3 is 2.68 bits per heavy atom. The third kappa shape index (κ3) is 3.40. The van der Waals surface area contributed by atoms with Crippen LogP contribution in [0.1, 0.15) is 35.2 Å². The van der Waals surface area contributed by atoms with Crippen LogP contribution in [-0.4, -0.2) is 40.0 Å². The van der Waals surface area contributed by atoms with Crippen LogP contribution in [-0.2, 0) is 4.79 Å². The van der Waals surface area contributed by atoms with E-state index in [1.807, 2.05) is 4.90 Å². The zero-order valence-electron chi connectivity index (χ0n) is 10.6. The maximum atomic E-state index is 12.4. The zero-order chi connectivity index (χ0) is 13.7. The van der Waals surface area contributed by atoms with Crippen molar-refractivity contribution in [2.75, 3.05) is 13.1 Å². The van der Waals surface area contributed by atoms with Crippen LogP contribution in [0.2, 0.25) is 0 Å². The number of hydrogen-bond donors (Lipinski definition) is 1. The molecule has 5 heteroatoms. The van der Waals surface area contributed by atoms with Crippen molar-refractivity contribution < 1.29 is 14.7 Å². The molecular weight excluding hydrogens is 244 g/mol. The van der Waals surface area contributed by atoms with Crippen molar-refractivity contribution in [3.05, 3.63) is 35.7 Å². The molecule has 1 amide bonds. The van der Waals surface area contributed by atoms with Crippen LogP contribution in [0.4, 0.5) is 0 Å². The number of hydrogen-bond acceptors (Lipinski definition) is 3. The van der Waals surface area contributed by atoms with Gasteiger partial charge in [0, 0.05) is 42.7 Å². The lowest BCUT2D eigenvalue weighted by Crippen LogP contribution is -2.35. The highest BCUT2D eigenvalue weighted by molar-refractivity contribution is 5.98. The number of likely N-dealkylation sites (tertiary alicyclic amines) is 1. The average Bonchev–Trinajstić information content (AvgIpc) is 2.45. The third-order valence-electron chi connectivity index (χ3n) is 3.13. The highest BCUT2D eigenvalue weighted by atomic mass is 16.4. The number of aromatic nitrogens is 1. The number of carbonyl (C=O) groups is 2. The number of carboxylic acid groups (broad SMARTS) is 1. The van der Waals surface area contributed by atoms with Gasteiger partial charge in [0.05, 0.1) is 0 Å². The number of pyridine rings is 1. The number of carbonyl (C=O) groups excluding carboxylic acids is 1. The van der Waals surface area contributed by atoms with Crippen molar-refractivity contribution >= 4 is 18.0 Å². The SMILES string of the molecule is O=C(O)C=Cc1cnccc1C(=O)N1CCCCC1. The Labute approximate surface area is 111 Å². The summed E-state index contributed by atoms with van der Waals surface area (Å²) in [7, 11) is 0. The number of rotatable bonds is 3. The molecule has 0 spiro atoms. The fraction of sp³-hybridized carbons (Fsp3) is 0.357. The molecular formula is C14H16N2O3. The van der Waals surface area contributed by atoms with Crippen molar-refractivity contribution in [1.82, 2.24) is 9.88 Å². The number of carboxylic acids is 1. The Balaban J connectivity index is 2.23. The van der Waals surface area contributed by atoms with Gasteiger partial charge in [0.1, 0.15) is 0 Å². The van der Waals surface area contributed by atoms with Crippen LogP contribution in [0, 0.1) is 0 Å². The Kier molecular flexibility index (Phi) is 4.28. The largest absolute Gasteiger partial charge is 0.478 e. The van der Waals surface area contributed by atoms with E-state index in [1.54, 1.807) is 12.3 Å². The first-order valence-corrected chi connectivity index (χ1v) is 6.33. The first-order valence-electron chi connectivity index (χ1n) is 6.33. The number of amides is 1. The van der Waals surface area contributed by atoms with Crippen LogP contribution >= 0.6 is 0 Å². The molecule has 0 unspecified atom stereocenters. The van der Waals surface area contributed by atoms with Crippen molar-refractivity contribution in [3.63, 3.8) is 0 Å². The molecule has 2 heterocycles. The molecule has 0 aromatic carbocycles. The standard InChI is InChI=1S/C14H16N2O3/c17-13(18)5-4-11-10-15-7-6-12(11)14(19)16-8-2-1-3-9-16/h4-7,10H,1-3,8-9H2,(H,17,18). The molecule has 1 N–H and O–H groups in total. The van der Waals surface area contributed by atoms with Gasteiger partial charge in [-0.15, -0.1) is 0 Å². The van der Waals surface area contributed by atoms with Gasteiger partial charge in [-0.1, -0.05) is 0 Å². The van der Waals surface area contributed by atoms with Gasteiger partial charge in [0.15, 0.2) is 0 Å². The quantitative estimate of drug-likeness (QED) is 0.841.